The molecule has 0 fully saturated rings. The van der Waals surface area contributed by atoms with Crippen molar-refractivity contribution in [3.8, 4) is 0 Å². The molecule has 0 amide bonds. The number of imidazole rings is 1. The van der Waals surface area contributed by atoms with E-state index in [1.165, 1.54) is 19.3 Å². The number of rotatable bonds is 6. The number of aldehydes is 1. The first-order valence-corrected chi connectivity index (χ1v) is 4.83. The Morgan fingerprint density at radius 3 is 3.00 bits per heavy atom. The highest BCUT2D eigenvalue weighted by molar-refractivity contribution is 5.71. The second kappa shape index (κ2) is 5.51. The number of unbranched alkanes of at least 4 members (excludes halogenated alkanes) is 3. The molecule has 1 heterocycles. The van der Waals surface area contributed by atoms with Crippen molar-refractivity contribution in [1.82, 2.24) is 9.55 Å². The Hall–Kier alpha value is -1.12. The summed E-state index contributed by atoms with van der Waals surface area (Å²) >= 11 is 0. The van der Waals surface area contributed by atoms with E-state index < -0.39 is 0 Å². The van der Waals surface area contributed by atoms with Crippen LogP contribution in [0.5, 0.6) is 0 Å². The number of hydrogen-bond donors (Lipinski definition) is 0. The molecule has 72 valence electrons. The summed E-state index contributed by atoms with van der Waals surface area (Å²) in [7, 11) is 0. The minimum atomic E-state index is 0.677. The first-order valence-electron chi connectivity index (χ1n) is 4.83. The molecule has 0 radical (unpaired) electrons. The van der Waals surface area contributed by atoms with Crippen LogP contribution in [0.25, 0.3) is 0 Å². The molecule has 0 N–H and O–H groups in total. The SMILES string of the molecule is CCCCCCn1cncc1C=O. The molecule has 3 heteroatoms. The number of aryl methyl sites for hydroxylation is 1. The van der Waals surface area contributed by atoms with Crippen LogP contribution in [0.1, 0.15) is 43.1 Å². The minimum absolute atomic E-state index is 0.677. The molecule has 13 heavy (non-hydrogen) atoms. The maximum absolute atomic E-state index is 10.5. The molecular weight excluding hydrogens is 164 g/mol. The van der Waals surface area contributed by atoms with Crippen LogP contribution in [0.3, 0.4) is 0 Å². The van der Waals surface area contributed by atoms with E-state index >= 15 is 0 Å². The molecule has 0 aromatic carbocycles. The van der Waals surface area contributed by atoms with E-state index in [2.05, 4.69) is 11.9 Å². The third-order valence-corrected chi connectivity index (χ3v) is 2.12. The molecule has 0 unspecified atom stereocenters. The monoisotopic (exact) mass is 180 g/mol. The summed E-state index contributed by atoms with van der Waals surface area (Å²) in [6.45, 7) is 3.10. The normalized spacial score (nSPS) is 10.2. The van der Waals surface area contributed by atoms with Crippen LogP contribution >= 0.6 is 0 Å². The van der Waals surface area contributed by atoms with E-state index in [0.29, 0.717) is 5.69 Å². The average Bonchev–Trinajstić information content (AvgIpc) is 2.60. The van der Waals surface area contributed by atoms with Crippen molar-refractivity contribution in [2.24, 2.45) is 0 Å². The lowest BCUT2D eigenvalue weighted by molar-refractivity contribution is 0.111. The highest BCUT2D eigenvalue weighted by Crippen LogP contribution is 2.03. The molecule has 0 aliphatic carbocycles. The van der Waals surface area contributed by atoms with Crippen molar-refractivity contribution in [2.45, 2.75) is 39.2 Å². The van der Waals surface area contributed by atoms with Crippen LogP contribution in [-0.2, 0) is 6.54 Å². The molecule has 0 spiro atoms. The van der Waals surface area contributed by atoms with E-state index in [0.717, 1.165) is 19.3 Å². The van der Waals surface area contributed by atoms with Gasteiger partial charge in [-0.3, -0.25) is 4.79 Å². The molecule has 0 aliphatic heterocycles. The van der Waals surface area contributed by atoms with Crippen molar-refractivity contribution >= 4 is 6.29 Å². The topological polar surface area (TPSA) is 34.9 Å². The van der Waals surface area contributed by atoms with Gasteiger partial charge >= 0.3 is 0 Å². The van der Waals surface area contributed by atoms with E-state index in [9.17, 15) is 4.79 Å². The Balaban J connectivity index is 2.31. The van der Waals surface area contributed by atoms with Crippen molar-refractivity contribution in [1.29, 1.82) is 0 Å². The quantitative estimate of drug-likeness (QED) is 0.497. The number of carbonyl (C=O) groups is 1. The van der Waals surface area contributed by atoms with E-state index in [1.54, 1.807) is 12.5 Å². The smallest absolute Gasteiger partial charge is 0.168 e. The van der Waals surface area contributed by atoms with Gasteiger partial charge in [-0.05, 0) is 6.42 Å². The predicted molar refractivity (Wildman–Crippen MR) is 51.8 cm³/mol. The van der Waals surface area contributed by atoms with Gasteiger partial charge in [0.05, 0.1) is 12.5 Å². The summed E-state index contributed by atoms with van der Waals surface area (Å²) in [5.74, 6) is 0. The highest BCUT2D eigenvalue weighted by atomic mass is 16.1. The van der Waals surface area contributed by atoms with Gasteiger partial charge in [0, 0.05) is 6.54 Å². The van der Waals surface area contributed by atoms with Crippen LogP contribution in [0.15, 0.2) is 12.5 Å². The molecule has 0 aliphatic rings. The molecule has 1 aromatic rings. The zero-order chi connectivity index (χ0) is 9.52. The summed E-state index contributed by atoms with van der Waals surface area (Å²) in [5.41, 5.74) is 0.677. The highest BCUT2D eigenvalue weighted by Gasteiger charge is 1.98. The summed E-state index contributed by atoms with van der Waals surface area (Å²) in [6.07, 6.45) is 9.04. The van der Waals surface area contributed by atoms with Gasteiger partial charge in [0.25, 0.3) is 0 Å². The second-order valence-corrected chi connectivity index (χ2v) is 3.19. The van der Waals surface area contributed by atoms with Crippen LogP contribution < -0.4 is 0 Å². The average molecular weight is 180 g/mol. The molecule has 0 bridgehead atoms. The third kappa shape index (κ3) is 3.01. The van der Waals surface area contributed by atoms with Crippen LogP contribution in [-0.4, -0.2) is 15.8 Å². The van der Waals surface area contributed by atoms with Gasteiger partial charge < -0.3 is 4.57 Å². The van der Waals surface area contributed by atoms with Gasteiger partial charge in [-0.2, -0.15) is 0 Å². The molecule has 0 atom stereocenters. The van der Waals surface area contributed by atoms with Gasteiger partial charge in [-0.25, -0.2) is 4.98 Å². The molecule has 1 aromatic heterocycles. The third-order valence-electron chi connectivity index (χ3n) is 2.12. The molecule has 3 nitrogen and oxygen atoms in total. The van der Waals surface area contributed by atoms with Gasteiger partial charge in [-0.15, -0.1) is 0 Å². The zero-order valence-corrected chi connectivity index (χ0v) is 8.07. The summed E-state index contributed by atoms with van der Waals surface area (Å²) in [5, 5.41) is 0. The number of aromatic nitrogens is 2. The molecule has 0 saturated carbocycles. The van der Waals surface area contributed by atoms with Crippen LogP contribution in [0.4, 0.5) is 0 Å². The van der Waals surface area contributed by atoms with Crippen LogP contribution in [0, 0.1) is 0 Å². The van der Waals surface area contributed by atoms with Gasteiger partial charge in [0.15, 0.2) is 6.29 Å². The molecule has 0 saturated heterocycles. The number of carbonyl (C=O) groups excluding carboxylic acids is 1. The van der Waals surface area contributed by atoms with E-state index in [4.69, 9.17) is 0 Å². The maximum atomic E-state index is 10.5. The summed E-state index contributed by atoms with van der Waals surface area (Å²) < 4.78 is 1.91. The minimum Gasteiger partial charge on any atom is -0.328 e. The van der Waals surface area contributed by atoms with Crippen LogP contribution in [0.2, 0.25) is 0 Å². The first kappa shape index (κ1) is 9.96. The Kier molecular flexibility index (Phi) is 4.23. The van der Waals surface area contributed by atoms with Crippen molar-refractivity contribution in [3.63, 3.8) is 0 Å². The number of nitrogens with zero attached hydrogens (tertiary/aromatic N) is 2. The lowest BCUT2D eigenvalue weighted by atomic mass is 10.2. The molecule has 1 rings (SSSR count). The zero-order valence-electron chi connectivity index (χ0n) is 8.07. The Bertz CT molecular complexity index is 255. The second-order valence-electron chi connectivity index (χ2n) is 3.19. The largest absolute Gasteiger partial charge is 0.328 e. The fourth-order valence-electron chi connectivity index (χ4n) is 1.32. The molecular formula is C10H16N2O. The fourth-order valence-corrected chi connectivity index (χ4v) is 1.32. The van der Waals surface area contributed by atoms with Crippen molar-refractivity contribution < 1.29 is 4.79 Å². The fraction of sp³-hybridized carbons (Fsp3) is 0.600. The van der Waals surface area contributed by atoms with Gasteiger partial charge in [-0.1, -0.05) is 26.2 Å². The summed E-state index contributed by atoms with van der Waals surface area (Å²) in [6, 6.07) is 0. The lowest BCUT2D eigenvalue weighted by Gasteiger charge is -2.02. The van der Waals surface area contributed by atoms with Gasteiger partial charge in [0.2, 0.25) is 0 Å². The Labute approximate surface area is 78.8 Å². The van der Waals surface area contributed by atoms with Crippen molar-refractivity contribution in [2.75, 3.05) is 0 Å². The maximum Gasteiger partial charge on any atom is 0.168 e. The van der Waals surface area contributed by atoms with Gasteiger partial charge in [0.1, 0.15) is 5.69 Å². The number of hydrogen-bond acceptors (Lipinski definition) is 2. The first-order chi connectivity index (χ1) is 6.38. The predicted octanol–water partition coefficient (Wildman–Crippen LogP) is 2.28. The summed E-state index contributed by atoms with van der Waals surface area (Å²) in [4.78, 5) is 14.4. The Morgan fingerprint density at radius 1 is 1.46 bits per heavy atom. The Morgan fingerprint density at radius 2 is 2.31 bits per heavy atom. The van der Waals surface area contributed by atoms with Crippen molar-refractivity contribution in [3.05, 3.63) is 18.2 Å². The lowest BCUT2D eigenvalue weighted by Crippen LogP contribution is -2.00. The van der Waals surface area contributed by atoms with E-state index in [-0.39, 0.29) is 0 Å². The van der Waals surface area contributed by atoms with E-state index in [1.807, 2.05) is 4.57 Å². The standard InChI is InChI=1S/C10H16N2O/c1-2-3-4-5-6-12-9-11-7-10(12)8-13/h7-9H,2-6H2,1H3.